The molecule has 1 aromatic heterocycles. The number of thiazole rings is 1. The Labute approximate surface area is 159 Å². The van der Waals surface area contributed by atoms with Crippen LogP contribution < -0.4 is 5.73 Å². The third kappa shape index (κ3) is 3.76. The lowest BCUT2D eigenvalue weighted by Gasteiger charge is -2.22. The highest BCUT2D eigenvalue weighted by Crippen LogP contribution is 2.33. The minimum Gasteiger partial charge on any atom is -0.593 e. The molecule has 0 saturated heterocycles. The molecule has 0 aliphatic rings. The second-order valence-corrected chi connectivity index (χ2v) is 7.97. The van der Waals surface area contributed by atoms with Crippen molar-refractivity contribution in [1.29, 1.82) is 0 Å². The number of nitrogens with zero attached hydrogens (tertiary/aromatic N) is 2. The van der Waals surface area contributed by atoms with Gasteiger partial charge in [-0.05, 0) is 43.7 Å². The maximum absolute atomic E-state index is 14.7. The number of hydrogen-bond donors (Lipinski definition) is 1. The van der Waals surface area contributed by atoms with Crippen molar-refractivity contribution in [1.82, 2.24) is 9.29 Å². The van der Waals surface area contributed by atoms with Gasteiger partial charge < -0.3 is 10.3 Å². The van der Waals surface area contributed by atoms with Gasteiger partial charge >= 0.3 is 0 Å². The van der Waals surface area contributed by atoms with Gasteiger partial charge in [-0.15, -0.1) is 15.6 Å². The van der Waals surface area contributed by atoms with E-state index < -0.39 is 11.4 Å². The average Bonchev–Trinajstić information content (AvgIpc) is 3.08. The summed E-state index contributed by atoms with van der Waals surface area (Å²) in [7, 11) is 0. The maximum Gasteiger partial charge on any atom is 0.181 e. The summed E-state index contributed by atoms with van der Waals surface area (Å²) in [6, 6.07) is 12.4. The Morgan fingerprint density at radius 3 is 2.50 bits per heavy atom. The molecule has 0 amide bonds. The minimum atomic E-state index is -1.29. The highest BCUT2D eigenvalue weighted by molar-refractivity contribution is 7.89. The number of nitrogens with two attached hydrogens (primary N) is 1. The van der Waals surface area contributed by atoms with Gasteiger partial charge in [0.15, 0.2) is 10.0 Å². The van der Waals surface area contributed by atoms with Crippen LogP contribution in [0.3, 0.4) is 0 Å². The molecule has 0 aliphatic carbocycles. The molecule has 2 N–H and O–H groups in total. The molecule has 3 rings (SSSR count). The molecule has 0 bridgehead atoms. The second-order valence-electron chi connectivity index (χ2n) is 5.63. The number of nitrogen functional groups attached to an aromatic ring is 1. The van der Waals surface area contributed by atoms with E-state index >= 15 is 0 Å². The van der Waals surface area contributed by atoms with Crippen LogP contribution >= 0.6 is 11.3 Å². The fourth-order valence-corrected chi connectivity index (χ4v) is 4.64. The summed E-state index contributed by atoms with van der Waals surface area (Å²) in [4.78, 5) is 4.82. The molecule has 1 atom stereocenters. The van der Waals surface area contributed by atoms with E-state index in [4.69, 9.17) is 5.73 Å². The molecule has 26 heavy (non-hydrogen) atoms. The van der Waals surface area contributed by atoms with Gasteiger partial charge in [0, 0.05) is 29.6 Å². The van der Waals surface area contributed by atoms with Crippen molar-refractivity contribution in [3.8, 4) is 22.4 Å². The molecular formula is C19H20FN3OS2. The summed E-state index contributed by atoms with van der Waals surface area (Å²) in [6.07, 6.45) is 0. The molecule has 0 aliphatic heterocycles. The van der Waals surface area contributed by atoms with E-state index in [2.05, 4.69) is 4.98 Å². The Morgan fingerprint density at radius 2 is 1.88 bits per heavy atom. The van der Waals surface area contributed by atoms with E-state index in [-0.39, 0.29) is 5.82 Å². The number of benzene rings is 2. The lowest BCUT2D eigenvalue weighted by Crippen LogP contribution is -2.31. The van der Waals surface area contributed by atoms with Crippen molar-refractivity contribution in [2.75, 3.05) is 18.8 Å². The fourth-order valence-electron chi connectivity index (χ4n) is 2.76. The van der Waals surface area contributed by atoms with Crippen molar-refractivity contribution >= 4 is 27.8 Å². The second kappa shape index (κ2) is 8.18. The molecule has 1 heterocycles. The Hall–Kier alpha value is -1.93. The van der Waals surface area contributed by atoms with Gasteiger partial charge in [0.1, 0.15) is 5.82 Å². The molecule has 7 heteroatoms. The van der Waals surface area contributed by atoms with Crippen molar-refractivity contribution in [2.24, 2.45) is 0 Å². The molecule has 4 nitrogen and oxygen atoms in total. The van der Waals surface area contributed by atoms with Gasteiger partial charge in [0.25, 0.3) is 0 Å². The van der Waals surface area contributed by atoms with E-state index in [1.165, 1.54) is 17.4 Å². The number of halogens is 1. The smallest absolute Gasteiger partial charge is 0.181 e. The molecule has 2 aromatic carbocycles. The van der Waals surface area contributed by atoms with Gasteiger partial charge in [0.05, 0.1) is 17.1 Å². The van der Waals surface area contributed by atoms with E-state index in [1.807, 2.05) is 48.5 Å². The Balaban J connectivity index is 2.01. The van der Waals surface area contributed by atoms with E-state index in [1.54, 1.807) is 11.4 Å². The fraction of sp³-hybridized carbons (Fsp3) is 0.211. The monoisotopic (exact) mass is 389 g/mol. The number of anilines is 1. The van der Waals surface area contributed by atoms with Gasteiger partial charge in [0.2, 0.25) is 0 Å². The first-order valence-electron chi connectivity index (χ1n) is 8.32. The molecule has 0 fully saturated rings. The van der Waals surface area contributed by atoms with Crippen LogP contribution in [0.2, 0.25) is 0 Å². The third-order valence-corrected chi connectivity index (χ3v) is 6.48. The Morgan fingerprint density at radius 1 is 1.15 bits per heavy atom. The van der Waals surface area contributed by atoms with Crippen molar-refractivity contribution in [3.63, 3.8) is 0 Å². The van der Waals surface area contributed by atoms with Gasteiger partial charge in [-0.2, -0.15) is 0 Å². The van der Waals surface area contributed by atoms with E-state index in [0.29, 0.717) is 39.9 Å². The molecule has 3 aromatic rings. The standard InChI is InChI=1S/C19H20FN3OS2/c1-3-23(4-2)26(24)18-8-6-5-7-14(18)13-9-10-15(16(20)11-13)17-12-25-19(21)22-17/h5-12H,3-4H2,1-2H3,(H2,21,22). The van der Waals surface area contributed by atoms with Crippen LogP contribution in [0.4, 0.5) is 9.52 Å². The topological polar surface area (TPSA) is 65.2 Å². The quantitative estimate of drug-likeness (QED) is 0.628. The van der Waals surface area contributed by atoms with Crippen LogP contribution in [0.1, 0.15) is 13.8 Å². The number of hydrogen-bond acceptors (Lipinski definition) is 5. The van der Waals surface area contributed by atoms with Gasteiger partial charge in [-0.25, -0.2) is 9.37 Å². The zero-order valence-electron chi connectivity index (χ0n) is 14.6. The lowest BCUT2D eigenvalue weighted by atomic mass is 10.0. The van der Waals surface area contributed by atoms with Crippen LogP contribution in [-0.2, 0) is 11.4 Å². The van der Waals surface area contributed by atoms with Crippen molar-refractivity contribution in [3.05, 3.63) is 53.7 Å². The number of rotatable bonds is 6. The molecule has 1 unspecified atom stereocenters. The molecule has 0 spiro atoms. The lowest BCUT2D eigenvalue weighted by molar-refractivity contribution is 0.445. The van der Waals surface area contributed by atoms with Crippen LogP contribution in [0.15, 0.2) is 52.7 Å². The first-order chi connectivity index (χ1) is 12.5. The van der Waals surface area contributed by atoms with Crippen LogP contribution in [0.25, 0.3) is 22.4 Å². The summed E-state index contributed by atoms with van der Waals surface area (Å²) < 4.78 is 29.5. The summed E-state index contributed by atoms with van der Waals surface area (Å²) in [5, 5.41) is 2.14. The first kappa shape index (κ1) is 18.8. The summed E-state index contributed by atoms with van der Waals surface area (Å²) in [6.45, 7) is 5.29. The zero-order chi connectivity index (χ0) is 18.7. The van der Waals surface area contributed by atoms with Gasteiger partial charge in [-0.1, -0.05) is 18.2 Å². The highest BCUT2D eigenvalue weighted by atomic mass is 32.2. The average molecular weight is 390 g/mol. The van der Waals surface area contributed by atoms with Crippen LogP contribution in [0.5, 0.6) is 0 Å². The highest BCUT2D eigenvalue weighted by Gasteiger charge is 2.23. The normalized spacial score (nSPS) is 12.5. The summed E-state index contributed by atoms with van der Waals surface area (Å²) in [5.74, 6) is -0.378. The zero-order valence-corrected chi connectivity index (χ0v) is 16.2. The SMILES string of the molecule is CCN(CC)[S+]([O-])c1ccccc1-c1ccc(-c2csc(N)n2)c(F)c1. The Bertz CT molecular complexity index is 896. The third-order valence-electron chi connectivity index (χ3n) is 4.09. The van der Waals surface area contributed by atoms with Crippen LogP contribution in [0, 0.1) is 5.82 Å². The predicted molar refractivity (Wildman–Crippen MR) is 107 cm³/mol. The molecular weight excluding hydrogens is 369 g/mol. The van der Waals surface area contributed by atoms with Crippen molar-refractivity contribution in [2.45, 2.75) is 18.7 Å². The van der Waals surface area contributed by atoms with Gasteiger partial charge in [-0.3, -0.25) is 0 Å². The van der Waals surface area contributed by atoms with E-state index in [0.717, 1.165) is 5.56 Å². The van der Waals surface area contributed by atoms with Crippen LogP contribution in [-0.4, -0.2) is 26.9 Å². The van der Waals surface area contributed by atoms with E-state index in [9.17, 15) is 8.94 Å². The largest absolute Gasteiger partial charge is 0.593 e. The molecule has 136 valence electrons. The number of aromatic nitrogens is 1. The summed E-state index contributed by atoms with van der Waals surface area (Å²) >= 11 is -0.0169. The Kier molecular flexibility index (Phi) is 5.93. The maximum atomic E-state index is 14.7. The molecule has 0 saturated carbocycles. The predicted octanol–water partition coefficient (Wildman–Crippen LogP) is 4.56. The summed E-state index contributed by atoms with van der Waals surface area (Å²) in [5.41, 5.74) is 8.02. The first-order valence-corrected chi connectivity index (χ1v) is 10.3. The van der Waals surface area contributed by atoms with Crippen molar-refractivity contribution < 1.29 is 8.94 Å². The minimum absolute atomic E-state index is 0.378. The molecule has 0 radical (unpaired) electrons.